The summed E-state index contributed by atoms with van der Waals surface area (Å²) >= 11 is 0. The van der Waals surface area contributed by atoms with Crippen LogP contribution in [0.3, 0.4) is 0 Å². The first kappa shape index (κ1) is 12.8. The molecule has 0 aliphatic carbocycles. The topological polar surface area (TPSA) is 35.9 Å². The summed E-state index contributed by atoms with van der Waals surface area (Å²) in [5.74, 6) is -0.677. The van der Waals surface area contributed by atoms with Crippen molar-refractivity contribution in [1.29, 1.82) is 0 Å². The number of hydrogen-bond acceptors (Lipinski definition) is 4. The average Bonchev–Trinajstić information content (AvgIpc) is 2.12. The predicted molar refractivity (Wildman–Crippen MR) is 53.4 cm³/mol. The molecule has 0 saturated heterocycles. The SMILES string of the molecule is CCOC(CO)(N(C)C)N(C)CC. The van der Waals surface area contributed by atoms with Crippen LogP contribution >= 0.6 is 0 Å². The Hall–Kier alpha value is -0.160. The highest BCUT2D eigenvalue weighted by Gasteiger charge is 2.36. The number of hydrogen-bond donors (Lipinski definition) is 1. The molecule has 0 aromatic heterocycles. The highest BCUT2D eigenvalue weighted by molar-refractivity contribution is 4.75. The molecule has 0 aromatic rings. The molecular formula is C9H22N2O2. The number of nitrogens with zero attached hydrogens (tertiary/aromatic N) is 2. The molecule has 0 saturated carbocycles. The summed E-state index contributed by atoms with van der Waals surface area (Å²) in [5.41, 5.74) is 0. The van der Waals surface area contributed by atoms with Gasteiger partial charge in [0.1, 0.15) is 6.61 Å². The zero-order valence-corrected chi connectivity index (χ0v) is 9.37. The Balaban J connectivity index is 4.63. The van der Waals surface area contributed by atoms with Crippen LogP contribution in [-0.4, -0.2) is 61.7 Å². The van der Waals surface area contributed by atoms with Crippen LogP contribution < -0.4 is 0 Å². The second-order valence-electron chi connectivity index (χ2n) is 3.24. The molecule has 0 bridgehead atoms. The van der Waals surface area contributed by atoms with Gasteiger partial charge in [-0.1, -0.05) is 6.92 Å². The lowest BCUT2D eigenvalue weighted by Gasteiger charge is -2.44. The van der Waals surface area contributed by atoms with Crippen molar-refractivity contribution in [3.63, 3.8) is 0 Å². The molecule has 1 N–H and O–H groups in total. The lowest BCUT2D eigenvalue weighted by Crippen LogP contribution is -2.61. The monoisotopic (exact) mass is 190 g/mol. The minimum absolute atomic E-state index is 0.0296. The van der Waals surface area contributed by atoms with Gasteiger partial charge < -0.3 is 9.84 Å². The van der Waals surface area contributed by atoms with Crippen LogP contribution in [0.1, 0.15) is 13.8 Å². The standard InChI is InChI=1S/C9H22N2O2/c1-6-11(5)9(8-12,10(3)4)13-7-2/h12H,6-8H2,1-5H3. The molecule has 0 amide bonds. The molecule has 0 heterocycles. The largest absolute Gasteiger partial charge is 0.390 e. The van der Waals surface area contributed by atoms with Crippen LogP contribution in [0, 0.1) is 0 Å². The molecule has 80 valence electrons. The van der Waals surface area contributed by atoms with E-state index in [4.69, 9.17) is 4.74 Å². The van der Waals surface area contributed by atoms with E-state index in [1.54, 1.807) is 0 Å². The fraction of sp³-hybridized carbons (Fsp3) is 1.00. The Bertz CT molecular complexity index is 142. The minimum atomic E-state index is -0.677. The van der Waals surface area contributed by atoms with Crippen LogP contribution in [0.5, 0.6) is 0 Å². The maximum Gasteiger partial charge on any atom is 0.202 e. The fourth-order valence-corrected chi connectivity index (χ4v) is 1.37. The number of likely N-dealkylation sites (N-methyl/N-ethyl adjacent to an activating group) is 2. The van der Waals surface area contributed by atoms with Gasteiger partial charge in [-0.2, -0.15) is 0 Å². The van der Waals surface area contributed by atoms with Crippen molar-refractivity contribution < 1.29 is 9.84 Å². The molecule has 0 fully saturated rings. The first-order chi connectivity index (χ1) is 6.05. The number of aliphatic hydroxyl groups excluding tert-OH is 1. The van der Waals surface area contributed by atoms with Crippen molar-refractivity contribution >= 4 is 0 Å². The van der Waals surface area contributed by atoms with Crippen molar-refractivity contribution in [1.82, 2.24) is 9.80 Å². The van der Waals surface area contributed by atoms with Crippen molar-refractivity contribution in [2.24, 2.45) is 0 Å². The maximum atomic E-state index is 9.37. The Morgan fingerprint density at radius 3 is 2.00 bits per heavy atom. The van der Waals surface area contributed by atoms with E-state index in [-0.39, 0.29) is 6.61 Å². The Kier molecular flexibility index (Phi) is 5.48. The molecule has 13 heavy (non-hydrogen) atoms. The van der Waals surface area contributed by atoms with Gasteiger partial charge in [0.25, 0.3) is 0 Å². The van der Waals surface area contributed by atoms with E-state index >= 15 is 0 Å². The molecule has 4 nitrogen and oxygen atoms in total. The smallest absolute Gasteiger partial charge is 0.202 e. The van der Waals surface area contributed by atoms with E-state index in [1.807, 2.05) is 44.8 Å². The van der Waals surface area contributed by atoms with Gasteiger partial charge in [-0.3, -0.25) is 9.80 Å². The molecule has 0 aliphatic rings. The van der Waals surface area contributed by atoms with Gasteiger partial charge >= 0.3 is 0 Å². The van der Waals surface area contributed by atoms with Gasteiger partial charge in [0, 0.05) is 6.61 Å². The molecule has 1 atom stereocenters. The number of aliphatic hydroxyl groups is 1. The van der Waals surface area contributed by atoms with Crippen LogP contribution in [0.4, 0.5) is 0 Å². The zero-order chi connectivity index (χ0) is 10.5. The van der Waals surface area contributed by atoms with Crippen LogP contribution in [-0.2, 0) is 4.74 Å². The number of ether oxygens (including phenoxy) is 1. The molecule has 0 rings (SSSR count). The quantitative estimate of drug-likeness (QED) is 0.606. The van der Waals surface area contributed by atoms with E-state index < -0.39 is 5.85 Å². The van der Waals surface area contributed by atoms with Crippen molar-refractivity contribution in [2.75, 3.05) is 40.9 Å². The van der Waals surface area contributed by atoms with Crippen LogP contribution in [0.15, 0.2) is 0 Å². The molecule has 1 unspecified atom stereocenters. The highest BCUT2D eigenvalue weighted by atomic mass is 16.5. The van der Waals surface area contributed by atoms with Gasteiger partial charge in [-0.15, -0.1) is 0 Å². The third kappa shape index (κ3) is 2.64. The van der Waals surface area contributed by atoms with Gasteiger partial charge in [0.2, 0.25) is 5.85 Å². The molecule has 0 spiro atoms. The van der Waals surface area contributed by atoms with E-state index in [0.717, 1.165) is 6.54 Å². The molecule has 4 heteroatoms. The zero-order valence-electron chi connectivity index (χ0n) is 9.37. The van der Waals surface area contributed by atoms with Gasteiger partial charge in [0.15, 0.2) is 0 Å². The van der Waals surface area contributed by atoms with E-state index in [9.17, 15) is 5.11 Å². The second-order valence-corrected chi connectivity index (χ2v) is 3.24. The molecule has 0 aliphatic heterocycles. The van der Waals surface area contributed by atoms with Crippen molar-refractivity contribution in [3.05, 3.63) is 0 Å². The van der Waals surface area contributed by atoms with Crippen molar-refractivity contribution in [2.45, 2.75) is 19.7 Å². The first-order valence-electron chi connectivity index (χ1n) is 4.68. The summed E-state index contributed by atoms with van der Waals surface area (Å²) < 4.78 is 5.59. The lowest BCUT2D eigenvalue weighted by atomic mass is 10.3. The van der Waals surface area contributed by atoms with E-state index in [1.165, 1.54) is 0 Å². The Morgan fingerprint density at radius 2 is 1.77 bits per heavy atom. The third-order valence-corrected chi connectivity index (χ3v) is 2.35. The summed E-state index contributed by atoms with van der Waals surface area (Å²) in [7, 11) is 5.74. The van der Waals surface area contributed by atoms with Gasteiger partial charge in [0.05, 0.1) is 0 Å². The van der Waals surface area contributed by atoms with Crippen LogP contribution in [0.25, 0.3) is 0 Å². The summed E-state index contributed by atoms with van der Waals surface area (Å²) in [6, 6.07) is 0. The summed E-state index contributed by atoms with van der Waals surface area (Å²) in [6.45, 7) is 5.35. The van der Waals surface area contributed by atoms with Crippen molar-refractivity contribution in [3.8, 4) is 0 Å². The Labute approximate surface area is 81.1 Å². The summed E-state index contributed by atoms with van der Waals surface area (Å²) in [5, 5.41) is 9.37. The fourth-order valence-electron chi connectivity index (χ4n) is 1.37. The van der Waals surface area contributed by atoms with E-state index in [0.29, 0.717) is 6.61 Å². The predicted octanol–water partition coefficient (Wildman–Crippen LogP) is 0.182. The highest BCUT2D eigenvalue weighted by Crippen LogP contribution is 2.17. The molecule has 0 radical (unpaired) electrons. The normalized spacial score (nSPS) is 16.6. The lowest BCUT2D eigenvalue weighted by molar-refractivity contribution is -0.243. The summed E-state index contributed by atoms with van der Waals surface area (Å²) in [6.07, 6.45) is 0. The maximum absolute atomic E-state index is 9.37. The molecular weight excluding hydrogens is 168 g/mol. The van der Waals surface area contributed by atoms with Crippen LogP contribution in [0.2, 0.25) is 0 Å². The summed E-state index contributed by atoms with van der Waals surface area (Å²) in [4.78, 5) is 3.87. The average molecular weight is 190 g/mol. The number of rotatable bonds is 6. The Morgan fingerprint density at radius 1 is 1.23 bits per heavy atom. The van der Waals surface area contributed by atoms with E-state index in [2.05, 4.69) is 0 Å². The molecule has 0 aromatic carbocycles. The second kappa shape index (κ2) is 5.54. The minimum Gasteiger partial charge on any atom is -0.390 e. The third-order valence-electron chi connectivity index (χ3n) is 2.35. The van der Waals surface area contributed by atoms with Gasteiger partial charge in [-0.05, 0) is 34.6 Å². The van der Waals surface area contributed by atoms with Gasteiger partial charge in [-0.25, -0.2) is 0 Å². The first-order valence-corrected chi connectivity index (χ1v) is 4.68.